The van der Waals surface area contributed by atoms with Gasteiger partial charge in [-0.2, -0.15) is 9.78 Å². The number of halogens is 1. The number of rotatable bonds is 5. The van der Waals surface area contributed by atoms with Crippen LogP contribution in [0.3, 0.4) is 0 Å². The summed E-state index contributed by atoms with van der Waals surface area (Å²) in [5.41, 5.74) is -0.140. The molecule has 0 fully saturated rings. The Morgan fingerprint density at radius 1 is 1.14 bits per heavy atom. The monoisotopic (exact) mass is 382 g/mol. The van der Waals surface area contributed by atoms with Crippen molar-refractivity contribution in [3.63, 3.8) is 0 Å². The lowest BCUT2D eigenvalue weighted by Crippen LogP contribution is -2.46. The van der Waals surface area contributed by atoms with Crippen LogP contribution in [0.4, 0.5) is 4.39 Å². The van der Waals surface area contributed by atoms with E-state index in [0.29, 0.717) is 17.8 Å². The first-order valence-corrected chi connectivity index (χ1v) is 8.74. The molecule has 0 radical (unpaired) electrons. The fraction of sp³-hybridized carbons (Fsp3) is 0.200. The minimum absolute atomic E-state index is 0.184. The molecule has 1 heterocycles. The fourth-order valence-corrected chi connectivity index (χ4v) is 2.71. The Morgan fingerprint density at radius 3 is 2.50 bits per heavy atom. The van der Waals surface area contributed by atoms with Crippen molar-refractivity contribution in [2.45, 2.75) is 20.4 Å². The van der Waals surface area contributed by atoms with Gasteiger partial charge in [0.05, 0.1) is 12.2 Å². The molecule has 0 spiro atoms. The number of nitrogens with one attached hydrogen (secondary N) is 1. The lowest BCUT2D eigenvalue weighted by atomic mass is 10.2. The van der Waals surface area contributed by atoms with Crippen LogP contribution in [0.15, 0.2) is 58.1 Å². The maximum Gasteiger partial charge on any atom is 0.352 e. The van der Waals surface area contributed by atoms with Gasteiger partial charge in [0.15, 0.2) is 0 Å². The van der Waals surface area contributed by atoms with Crippen molar-refractivity contribution in [1.82, 2.24) is 19.7 Å². The smallest absolute Gasteiger partial charge is 0.351 e. The lowest BCUT2D eigenvalue weighted by Gasteiger charge is -2.12. The standard InChI is InChI=1S/C20H19FN4O3/c1-3-22-18(26)17-19(27)24(12-14-5-4-6-15(21)11-14)20(28)25(23-17)16-9-7-13(2)8-10-16/h4-11H,3,12H2,1-2H3,(H,22,26). The van der Waals surface area contributed by atoms with Gasteiger partial charge in [-0.05, 0) is 43.7 Å². The number of aryl methyl sites for hydroxylation is 1. The molecule has 0 atom stereocenters. The van der Waals surface area contributed by atoms with Gasteiger partial charge >= 0.3 is 5.69 Å². The minimum atomic E-state index is -0.830. The van der Waals surface area contributed by atoms with E-state index in [4.69, 9.17) is 0 Å². The number of hydrogen-bond donors (Lipinski definition) is 1. The number of aromatic nitrogens is 3. The predicted molar refractivity (Wildman–Crippen MR) is 102 cm³/mol. The maximum atomic E-state index is 13.5. The second-order valence-corrected chi connectivity index (χ2v) is 6.26. The third-order valence-corrected chi connectivity index (χ3v) is 4.12. The number of hydrogen-bond acceptors (Lipinski definition) is 4. The Bertz CT molecular complexity index is 1130. The molecule has 3 aromatic rings. The number of carbonyl (C=O) groups is 1. The van der Waals surface area contributed by atoms with Crippen molar-refractivity contribution in [3.05, 3.63) is 92.0 Å². The highest BCUT2D eigenvalue weighted by Gasteiger charge is 2.20. The van der Waals surface area contributed by atoms with Gasteiger partial charge in [0.1, 0.15) is 5.82 Å². The minimum Gasteiger partial charge on any atom is -0.351 e. The summed E-state index contributed by atoms with van der Waals surface area (Å²) >= 11 is 0. The van der Waals surface area contributed by atoms with Crippen molar-refractivity contribution in [2.75, 3.05) is 6.54 Å². The van der Waals surface area contributed by atoms with Crippen molar-refractivity contribution in [1.29, 1.82) is 0 Å². The van der Waals surface area contributed by atoms with E-state index in [1.165, 1.54) is 18.2 Å². The van der Waals surface area contributed by atoms with Crippen LogP contribution in [-0.2, 0) is 6.54 Å². The summed E-state index contributed by atoms with van der Waals surface area (Å²) in [5.74, 6) is -1.16. The average molecular weight is 382 g/mol. The lowest BCUT2D eigenvalue weighted by molar-refractivity contribution is 0.0946. The Morgan fingerprint density at radius 2 is 1.86 bits per heavy atom. The molecule has 7 nitrogen and oxygen atoms in total. The quantitative estimate of drug-likeness (QED) is 0.727. The SMILES string of the molecule is CCNC(=O)c1nn(-c2ccc(C)cc2)c(=O)n(Cc2cccc(F)c2)c1=O. The number of benzene rings is 2. The van der Waals surface area contributed by atoms with E-state index in [1.807, 2.05) is 6.92 Å². The van der Waals surface area contributed by atoms with Gasteiger partial charge in [0.25, 0.3) is 11.5 Å². The molecule has 1 aromatic heterocycles. The summed E-state index contributed by atoms with van der Waals surface area (Å²) < 4.78 is 15.4. The molecule has 2 aromatic carbocycles. The van der Waals surface area contributed by atoms with E-state index in [1.54, 1.807) is 37.3 Å². The van der Waals surface area contributed by atoms with Crippen LogP contribution in [0.1, 0.15) is 28.5 Å². The van der Waals surface area contributed by atoms with Crippen LogP contribution < -0.4 is 16.6 Å². The summed E-state index contributed by atoms with van der Waals surface area (Å²) in [6.07, 6.45) is 0. The highest BCUT2D eigenvalue weighted by atomic mass is 19.1. The normalized spacial score (nSPS) is 10.7. The second kappa shape index (κ2) is 7.99. The zero-order valence-corrected chi connectivity index (χ0v) is 15.5. The molecule has 0 unspecified atom stereocenters. The summed E-state index contributed by atoms with van der Waals surface area (Å²) in [7, 11) is 0. The van der Waals surface area contributed by atoms with Gasteiger partial charge in [-0.25, -0.2) is 9.18 Å². The zero-order valence-electron chi connectivity index (χ0n) is 15.5. The first-order valence-electron chi connectivity index (χ1n) is 8.74. The fourth-order valence-electron chi connectivity index (χ4n) is 2.71. The van der Waals surface area contributed by atoms with Crippen molar-refractivity contribution in [3.8, 4) is 5.69 Å². The number of amides is 1. The second-order valence-electron chi connectivity index (χ2n) is 6.26. The van der Waals surface area contributed by atoms with Crippen molar-refractivity contribution < 1.29 is 9.18 Å². The molecule has 8 heteroatoms. The Balaban J connectivity index is 2.21. The van der Waals surface area contributed by atoms with E-state index in [-0.39, 0.29) is 6.54 Å². The molecule has 1 N–H and O–H groups in total. The molecule has 0 bridgehead atoms. The molecule has 0 aliphatic rings. The van der Waals surface area contributed by atoms with Crippen molar-refractivity contribution in [2.24, 2.45) is 0 Å². The van der Waals surface area contributed by atoms with E-state index >= 15 is 0 Å². The molecular weight excluding hydrogens is 363 g/mol. The predicted octanol–water partition coefficient (Wildman–Crippen LogP) is 1.64. The van der Waals surface area contributed by atoms with E-state index < -0.39 is 28.7 Å². The Labute approximate surface area is 160 Å². The van der Waals surface area contributed by atoms with Crippen LogP contribution in [0, 0.1) is 12.7 Å². The van der Waals surface area contributed by atoms with Gasteiger partial charge in [-0.3, -0.25) is 14.2 Å². The molecule has 28 heavy (non-hydrogen) atoms. The van der Waals surface area contributed by atoms with Crippen LogP contribution in [-0.4, -0.2) is 26.8 Å². The molecular formula is C20H19FN4O3. The largest absolute Gasteiger partial charge is 0.352 e. The van der Waals surface area contributed by atoms with Gasteiger partial charge in [0.2, 0.25) is 5.69 Å². The van der Waals surface area contributed by atoms with Crippen molar-refractivity contribution >= 4 is 5.91 Å². The van der Waals surface area contributed by atoms with Crippen LogP contribution in [0.25, 0.3) is 5.69 Å². The third kappa shape index (κ3) is 3.90. The Hall–Kier alpha value is -3.55. The van der Waals surface area contributed by atoms with Crippen LogP contribution >= 0.6 is 0 Å². The van der Waals surface area contributed by atoms with E-state index in [0.717, 1.165) is 14.8 Å². The summed E-state index contributed by atoms with van der Waals surface area (Å²) in [6.45, 7) is 3.72. The van der Waals surface area contributed by atoms with Gasteiger partial charge in [-0.1, -0.05) is 29.8 Å². The molecule has 144 valence electrons. The van der Waals surface area contributed by atoms with Crippen LogP contribution in [0.2, 0.25) is 0 Å². The first-order chi connectivity index (χ1) is 13.4. The molecule has 0 aliphatic heterocycles. The molecule has 0 saturated heterocycles. The number of carbonyl (C=O) groups excluding carboxylic acids is 1. The average Bonchev–Trinajstić information content (AvgIpc) is 2.66. The van der Waals surface area contributed by atoms with E-state index in [2.05, 4.69) is 10.4 Å². The highest BCUT2D eigenvalue weighted by Crippen LogP contribution is 2.07. The molecule has 1 amide bonds. The van der Waals surface area contributed by atoms with Gasteiger partial charge in [-0.15, -0.1) is 0 Å². The van der Waals surface area contributed by atoms with Gasteiger partial charge in [0, 0.05) is 6.54 Å². The number of nitrogens with zero attached hydrogens (tertiary/aromatic N) is 3. The molecule has 0 saturated carbocycles. The van der Waals surface area contributed by atoms with Gasteiger partial charge < -0.3 is 5.32 Å². The maximum absolute atomic E-state index is 13.5. The topological polar surface area (TPSA) is 86.0 Å². The zero-order chi connectivity index (χ0) is 20.3. The molecule has 0 aliphatic carbocycles. The summed E-state index contributed by atoms with van der Waals surface area (Å²) in [6, 6.07) is 12.5. The van der Waals surface area contributed by atoms with Crippen LogP contribution in [0.5, 0.6) is 0 Å². The van der Waals surface area contributed by atoms with E-state index in [9.17, 15) is 18.8 Å². The molecule has 3 rings (SSSR count). The summed E-state index contributed by atoms with van der Waals surface area (Å²) in [5, 5.41) is 6.51. The highest BCUT2D eigenvalue weighted by molar-refractivity contribution is 5.91. The Kier molecular flexibility index (Phi) is 5.49. The first kappa shape index (κ1) is 19.2. The summed E-state index contributed by atoms with van der Waals surface area (Å²) in [4.78, 5) is 38.0. The third-order valence-electron chi connectivity index (χ3n) is 4.12.